The lowest BCUT2D eigenvalue weighted by atomic mass is 10.1. The Morgan fingerprint density at radius 2 is 1.85 bits per heavy atom. The van der Waals surface area contributed by atoms with Crippen molar-refractivity contribution < 1.29 is 8.78 Å². The summed E-state index contributed by atoms with van der Waals surface area (Å²) in [4.78, 5) is 0. The van der Waals surface area contributed by atoms with E-state index in [9.17, 15) is 8.78 Å². The third-order valence-corrected chi connectivity index (χ3v) is 1.62. The number of nitrogens with zero attached hydrogens (tertiary/aromatic N) is 1. The van der Waals surface area contributed by atoms with Gasteiger partial charge in [0, 0.05) is 12.1 Å². The molecule has 1 atom stereocenters. The first-order valence-electron chi connectivity index (χ1n) is 3.72. The van der Waals surface area contributed by atoms with Crippen LogP contribution < -0.4 is 5.73 Å². The largest absolute Gasteiger partial charge is 0.323 e. The van der Waals surface area contributed by atoms with E-state index in [1.165, 1.54) is 0 Å². The van der Waals surface area contributed by atoms with E-state index in [1.807, 2.05) is 6.07 Å². The van der Waals surface area contributed by atoms with Gasteiger partial charge in [-0.3, -0.25) is 0 Å². The van der Waals surface area contributed by atoms with Gasteiger partial charge in [0.05, 0.1) is 12.5 Å². The lowest BCUT2D eigenvalue weighted by Gasteiger charge is -2.07. The van der Waals surface area contributed by atoms with E-state index >= 15 is 0 Å². The normalized spacial score (nSPS) is 12.2. The number of rotatable bonds is 2. The predicted molar refractivity (Wildman–Crippen MR) is 43.5 cm³/mol. The van der Waals surface area contributed by atoms with Gasteiger partial charge in [-0.25, -0.2) is 8.78 Å². The molecule has 1 aromatic rings. The van der Waals surface area contributed by atoms with Crippen molar-refractivity contribution in [3.63, 3.8) is 0 Å². The van der Waals surface area contributed by atoms with Gasteiger partial charge < -0.3 is 5.73 Å². The minimum absolute atomic E-state index is 0.0445. The second-order valence-electron chi connectivity index (χ2n) is 2.67. The predicted octanol–water partition coefficient (Wildman–Crippen LogP) is 1.88. The van der Waals surface area contributed by atoms with Gasteiger partial charge >= 0.3 is 0 Å². The van der Waals surface area contributed by atoms with Gasteiger partial charge in [-0.2, -0.15) is 5.26 Å². The van der Waals surface area contributed by atoms with Crippen molar-refractivity contribution in [1.29, 1.82) is 5.26 Å². The summed E-state index contributed by atoms with van der Waals surface area (Å²) in [5.74, 6) is -1.35. The van der Waals surface area contributed by atoms with E-state index < -0.39 is 17.7 Å². The van der Waals surface area contributed by atoms with Crippen LogP contribution in [-0.2, 0) is 0 Å². The van der Waals surface area contributed by atoms with Crippen molar-refractivity contribution in [2.75, 3.05) is 0 Å². The molecule has 0 fully saturated rings. The van der Waals surface area contributed by atoms with Crippen LogP contribution in [0.4, 0.5) is 8.78 Å². The quantitative estimate of drug-likeness (QED) is 0.759. The second kappa shape index (κ2) is 3.97. The molecule has 0 saturated heterocycles. The molecule has 1 unspecified atom stereocenters. The van der Waals surface area contributed by atoms with E-state index in [0.29, 0.717) is 5.56 Å². The van der Waals surface area contributed by atoms with Crippen molar-refractivity contribution in [2.24, 2.45) is 5.73 Å². The van der Waals surface area contributed by atoms with Crippen molar-refractivity contribution in [2.45, 2.75) is 12.5 Å². The number of nitriles is 1. The summed E-state index contributed by atoms with van der Waals surface area (Å²) in [7, 11) is 0. The first kappa shape index (κ1) is 9.62. The Morgan fingerprint density at radius 1 is 1.31 bits per heavy atom. The highest BCUT2D eigenvalue weighted by atomic mass is 19.1. The van der Waals surface area contributed by atoms with Crippen LogP contribution in [0.5, 0.6) is 0 Å². The van der Waals surface area contributed by atoms with Crippen molar-refractivity contribution >= 4 is 0 Å². The second-order valence-corrected chi connectivity index (χ2v) is 2.67. The van der Waals surface area contributed by atoms with Crippen LogP contribution in [0.3, 0.4) is 0 Å². The summed E-state index contributed by atoms with van der Waals surface area (Å²) in [5.41, 5.74) is 5.79. The van der Waals surface area contributed by atoms with Crippen LogP contribution in [0.2, 0.25) is 0 Å². The summed E-state index contributed by atoms with van der Waals surface area (Å²) in [6.07, 6.45) is 0.0445. The van der Waals surface area contributed by atoms with Crippen LogP contribution in [0, 0.1) is 23.0 Å². The van der Waals surface area contributed by atoms with E-state index in [4.69, 9.17) is 11.0 Å². The topological polar surface area (TPSA) is 49.8 Å². The van der Waals surface area contributed by atoms with Gasteiger partial charge in [-0.1, -0.05) is 0 Å². The Morgan fingerprint density at radius 3 is 2.31 bits per heavy atom. The molecular weight excluding hydrogens is 174 g/mol. The molecule has 1 aromatic carbocycles. The van der Waals surface area contributed by atoms with E-state index in [1.54, 1.807) is 0 Å². The lowest BCUT2D eigenvalue weighted by molar-refractivity contribution is 0.574. The Hall–Kier alpha value is -1.47. The molecule has 68 valence electrons. The minimum Gasteiger partial charge on any atom is -0.323 e. The van der Waals surface area contributed by atoms with Gasteiger partial charge in [0.2, 0.25) is 0 Å². The average Bonchev–Trinajstić information content (AvgIpc) is 2.03. The first-order valence-corrected chi connectivity index (χ1v) is 3.72. The standard InChI is InChI=1S/C9H8F2N2/c10-7-3-6(4-8(11)5-7)9(13)1-2-12/h3-5,9H,1,13H2. The zero-order valence-corrected chi connectivity index (χ0v) is 6.80. The maximum atomic E-state index is 12.7. The fourth-order valence-electron chi connectivity index (χ4n) is 1.01. The Kier molecular flexibility index (Phi) is 2.93. The highest BCUT2D eigenvalue weighted by Crippen LogP contribution is 2.16. The van der Waals surface area contributed by atoms with Gasteiger partial charge in [0.1, 0.15) is 11.6 Å². The molecule has 0 bridgehead atoms. The van der Waals surface area contributed by atoms with Gasteiger partial charge in [0.15, 0.2) is 0 Å². The molecule has 0 amide bonds. The number of benzene rings is 1. The zero-order valence-electron chi connectivity index (χ0n) is 6.80. The molecule has 2 N–H and O–H groups in total. The van der Waals surface area contributed by atoms with E-state index in [2.05, 4.69) is 0 Å². The molecule has 13 heavy (non-hydrogen) atoms. The molecule has 0 spiro atoms. The summed E-state index contributed by atoms with van der Waals surface area (Å²) in [6, 6.07) is 4.23. The molecule has 2 nitrogen and oxygen atoms in total. The van der Waals surface area contributed by atoms with E-state index in [0.717, 1.165) is 18.2 Å². The number of hydrogen-bond acceptors (Lipinski definition) is 2. The van der Waals surface area contributed by atoms with Gasteiger partial charge in [-0.15, -0.1) is 0 Å². The molecule has 0 heterocycles. The molecule has 1 rings (SSSR count). The molecule has 0 aliphatic heterocycles. The molecule has 0 aromatic heterocycles. The molecule has 0 aliphatic carbocycles. The monoisotopic (exact) mass is 182 g/mol. The van der Waals surface area contributed by atoms with Crippen molar-refractivity contribution in [3.05, 3.63) is 35.4 Å². The average molecular weight is 182 g/mol. The molecule has 0 radical (unpaired) electrons. The van der Waals surface area contributed by atoms with Crippen LogP contribution in [0.1, 0.15) is 18.0 Å². The highest BCUT2D eigenvalue weighted by Gasteiger charge is 2.08. The highest BCUT2D eigenvalue weighted by molar-refractivity contribution is 5.21. The third kappa shape index (κ3) is 2.49. The smallest absolute Gasteiger partial charge is 0.126 e. The minimum atomic E-state index is -0.677. The number of hydrogen-bond donors (Lipinski definition) is 1. The third-order valence-electron chi connectivity index (χ3n) is 1.62. The first-order chi connectivity index (χ1) is 6.13. The summed E-state index contributed by atoms with van der Waals surface area (Å²) < 4.78 is 25.3. The Bertz CT molecular complexity index is 324. The van der Waals surface area contributed by atoms with Gasteiger partial charge in [-0.05, 0) is 17.7 Å². The fraction of sp³-hybridized carbons (Fsp3) is 0.222. The zero-order chi connectivity index (χ0) is 9.84. The van der Waals surface area contributed by atoms with E-state index in [-0.39, 0.29) is 6.42 Å². The summed E-state index contributed by atoms with van der Waals surface area (Å²) in [5, 5.41) is 8.32. The Balaban J connectivity index is 2.95. The fourth-order valence-corrected chi connectivity index (χ4v) is 1.01. The van der Waals surface area contributed by atoms with Gasteiger partial charge in [0.25, 0.3) is 0 Å². The van der Waals surface area contributed by atoms with Crippen molar-refractivity contribution in [1.82, 2.24) is 0 Å². The maximum absolute atomic E-state index is 12.7. The van der Waals surface area contributed by atoms with Crippen LogP contribution in [0.25, 0.3) is 0 Å². The molecule has 4 heteroatoms. The van der Waals surface area contributed by atoms with Crippen molar-refractivity contribution in [3.8, 4) is 6.07 Å². The maximum Gasteiger partial charge on any atom is 0.126 e. The van der Waals surface area contributed by atoms with Crippen LogP contribution in [0.15, 0.2) is 18.2 Å². The molecule has 0 saturated carbocycles. The summed E-state index contributed by atoms with van der Waals surface area (Å²) in [6.45, 7) is 0. The number of halogens is 2. The summed E-state index contributed by atoms with van der Waals surface area (Å²) >= 11 is 0. The lowest BCUT2D eigenvalue weighted by Crippen LogP contribution is -2.09. The molecule has 0 aliphatic rings. The Labute approximate surface area is 74.6 Å². The molecular formula is C9H8F2N2. The SMILES string of the molecule is N#CCC(N)c1cc(F)cc(F)c1. The van der Waals surface area contributed by atoms with Crippen LogP contribution in [-0.4, -0.2) is 0 Å². The number of nitrogens with two attached hydrogens (primary N) is 1. The van der Waals surface area contributed by atoms with Crippen LogP contribution >= 0.6 is 0 Å².